The van der Waals surface area contributed by atoms with Gasteiger partial charge in [0.05, 0.1) is 15.5 Å². The van der Waals surface area contributed by atoms with Crippen molar-refractivity contribution in [2.75, 3.05) is 11.1 Å². The van der Waals surface area contributed by atoms with Crippen molar-refractivity contribution in [1.29, 1.82) is 0 Å². The maximum Gasteiger partial charge on any atom is 0.238 e. The highest BCUT2D eigenvalue weighted by atomic mass is 32.2. The summed E-state index contributed by atoms with van der Waals surface area (Å²) >= 11 is 2.17. The van der Waals surface area contributed by atoms with Gasteiger partial charge in [-0.15, -0.1) is 11.3 Å². The molecule has 0 fully saturated rings. The molecule has 0 aliphatic heterocycles. The smallest absolute Gasteiger partial charge is 0.238 e. The van der Waals surface area contributed by atoms with Crippen molar-refractivity contribution in [3.63, 3.8) is 0 Å². The standard InChI is InChI=1S/C21H14F2N2O4S3/c22-13-3-7-15(8-4-13)24-18(26)12-31-21-20(25-19(29-21)17-2-1-11-30-17)32(27,28)16-9-5-14(23)6-10-16/h1-11H,12H2,(H,24,26). The van der Waals surface area contributed by atoms with E-state index >= 15 is 0 Å². The van der Waals surface area contributed by atoms with Crippen LogP contribution in [0.1, 0.15) is 0 Å². The second-order valence-corrected chi connectivity index (χ2v) is 10.2. The van der Waals surface area contributed by atoms with Crippen LogP contribution in [0.4, 0.5) is 14.5 Å². The molecule has 11 heteroatoms. The molecule has 2 aromatic carbocycles. The van der Waals surface area contributed by atoms with Crippen LogP contribution >= 0.6 is 23.1 Å². The molecule has 0 bridgehead atoms. The number of hydrogen-bond donors (Lipinski definition) is 1. The molecule has 0 unspecified atom stereocenters. The summed E-state index contributed by atoms with van der Waals surface area (Å²) in [6, 6.07) is 13.1. The molecule has 0 aliphatic carbocycles. The van der Waals surface area contributed by atoms with Gasteiger partial charge in [-0.2, -0.15) is 4.98 Å². The predicted molar refractivity (Wildman–Crippen MR) is 117 cm³/mol. The van der Waals surface area contributed by atoms with Crippen molar-refractivity contribution in [1.82, 2.24) is 4.98 Å². The number of carbonyl (C=O) groups is 1. The first-order valence-corrected chi connectivity index (χ1v) is 12.4. The van der Waals surface area contributed by atoms with Crippen molar-refractivity contribution in [2.24, 2.45) is 0 Å². The van der Waals surface area contributed by atoms with Gasteiger partial charge < -0.3 is 9.73 Å². The lowest BCUT2D eigenvalue weighted by atomic mass is 10.3. The summed E-state index contributed by atoms with van der Waals surface area (Å²) in [7, 11) is -4.13. The van der Waals surface area contributed by atoms with E-state index in [1.54, 1.807) is 17.5 Å². The van der Waals surface area contributed by atoms with E-state index in [0.29, 0.717) is 10.6 Å². The van der Waals surface area contributed by atoms with Crippen molar-refractivity contribution in [2.45, 2.75) is 15.0 Å². The molecule has 0 aliphatic rings. The molecule has 0 saturated carbocycles. The zero-order valence-corrected chi connectivity index (χ0v) is 18.6. The van der Waals surface area contributed by atoms with Gasteiger partial charge >= 0.3 is 0 Å². The third kappa shape index (κ3) is 4.90. The van der Waals surface area contributed by atoms with Gasteiger partial charge in [0.1, 0.15) is 11.6 Å². The molecule has 164 valence electrons. The zero-order chi connectivity index (χ0) is 22.7. The molecule has 1 amide bonds. The molecule has 2 heterocycles. The lowest BCUT2D eigenvalue weighted by Gasteiger charge is -2.05. The number of rotatable bonds is 7. The number of thioether (sulfide) groups is 1. The number of halogens is 2. The molecule has 2 aromatic heterocycles. The average molecular weight is 493 g/mol. The Labute approximate surface area is 190 Å². The molecule has 6 nitrogen and oxygen atoms in total. The van der Waals surface area contributed by atoms with Gasteiger partial charge in [-0.25, -0.2) is 17.2 Å². The Morgan fingerprint density at radius 1 is 1.03 bits per heavy atom. The highest BCUT2D eigenvalue weighted by molar-refractivity contribution is 8.00. The lowest BCUT2D eigenvalue weighted by molar-refractivity contribution is -0.113. The maximum atomic E-state index is 13.3. The molecular formula is C21H14F2N2O4S3. The number of nitrogens with one attached hydrogen (secondary N) is 1. The average Bonchev–Trinajstić information content (AvgIpc) is 3.44. The van der Waals surface area contributed by atoms with Gasteiger partial charge in [-0.1, -0.05) is 17.8 Å². The van der Waals surface area contributed by atoms with E-state index in [4.69, 9.17) is 4.42 Å². The number of carbonyl (C=O) groups excluding carboxylic acids is 1. The topological polar surface area (TPSA) is 89.3 Å². The third-order valence-electron chi connectivity index (χ3n) is 4.14. The summed E-state index contributed by atoms with van der Waals surface area (Å²) < 4.78 is 58.2. The largest absolute Gasteiger partial charge is 0.428 e. The zero-order valence-electron chi connectivity index (χ0n) is 16.1. The van der Waals surface area contributed by atoms with Gasteiger partial charge in [0, 0.05) is 5.69 Å². The molecular weight excluding hydrogens is 478 g/mol. The summed E-state index contributed by atoms with van der Waals surface area (Å²) in [6.45, 7) is 0. The van der Waals surface area contributed by atoms with Gasteiger partial charge in [0.25, 0.3) is 0 Å². The van der Waals surface area contributed by atoms with Crippen LogP contribution in [0.5, 0.6) is 0 Å². The second-order valence-electron chi connectivity index (χ2n) is 6.39. The summed E-state index contributed by atoms with van der Waals surface area (Å²) in [6.07, 6.45) is 0. The number of nitrogens with zero attached hydrogens (tertiary/aromatic N) is 1. The quantitative estimate of drug-likeness (QED) is 0.280. The Hall–Kier alpha value is -3.02. The predicted octanol–water partition coefficient (Wildman–Crippen LogP) is 5.24. The first kappa shape index (κ1) is 22.2. The number of thiophene rings is 1. The van der Waals surface area contributed by atoms with Crippen molar-refractivity contribution < 1.29 is 26.4 Å². The number of sulfone groups is 1. The second kappa shape index (κ2) is 9.23. The van der Waals surface area contributed by atoms with Gasteiger partial charge in [-0.3, -0.25) is 4.79 Å². The van der Waals surface area contributed by atoms with E-state index < -0.39 is 27.4 Å². The summed E-state index contributed by atoms with van der Waals surface area (Å²) in [4.78, 5) is 16.9. The SMILES string of the molecule is O=C(CSc1oc(-c2cccs2)nc1S(=O)(=O)c1ccc(F)cc1)Nc1ccc(F)cc1. The van der Waals surface area contributed by atoms with Crippen LogP contribution in [0.25, 0.3) is 10.8 Å². The van der Waals surface area contributed by atoms with E-state index in [9.17, 15) is 22.0 Å². The minimum atomic E-state index is -4.13. The number of hydrogen-bond acceptors (Lipinski definition) is 7. The van der Waals surface area contributed by atoms with Crippen molar-refractivity contribution >= 4 is 44.5 Å². The monoisotopic (exact) mass is 492 g/mol. The van der Waals surface area contributed by atoms with E-state index in [1.165, 1.54) is 35.6 Å². The molecule has 4 rings (SSSR count). The van der Waals surface area contributed by atoms with Crippen LogP contribution in [0, 0.1) is 11.6 Å². The summed E-state index contributed by atoms with van der Waals surface area (Å²) in [5.41, 5.74) is 0.396. The Bertz CT molecular complexity index is 1330. The van der Waals surface area contributed by atoms with Crippen LogP contribution in [-0.2, 0) is 14.6 Å². The van der Waals surface area contributed by atoms with E-state index in [-0.39, 0.29) is 26.7 Å². The fraction of sp³-hybridized carbons (Fsp3) is 0.0476. The van der Waals surface area contributed by atoms with Gasteiger partial charge in [-0.05, 0) is 60.0 Å². The molecule has 1 N–H and O–H groups in total. The van der Waals surface area contributed by atoms with Crippen molar-refractivity contribution in [3.05, 3.63) is 77.7 Å². The lowest BCUT2D eigenvalue weighted by Crippen LogP contribution is -2.14. The Balaban J connectivity index is 1.61. The minimum absolute atomic E-state index is 0.0630. The highest BCUT2D eigenvalue weighted by Gasteiger charge is 2.29. The van der Waals surface area contributed by atoms with Crippen LogP contribution in [0.15, 0.2) is 85.5 Å². The number of amides is 1. The molecule has 0 saturated heterocycles. The Morgan fingerprint density at radius 3 is 2.31 bits per heavy atom. The van der Waals surface area contributed by atoms with Crippen LogP contribution in [-0.4, -0.2) is 25.1 Å². The molecule has 0 atom stereocenters. The summed E-state index contributed by atoms with van der Waals surface area (Å²) in [5.74, 6) is -1.53. The number of aromatic nitrogens is 1. The number of anilines is 1. The fourth-order valence-corrected chi connectivity index (χ4v) is 5.62. The van der Waals surface area contributed by atoms with E-state index in [0.717, 1.165) is 36.0 Å². The first-order chi connectivity index (χ1) is 15.3. The molecule has 4 aromatic rings. The molecule has 0 radical (unpaired) electrons. The first-order valence-electron chi connectivity index (χ1n) is 9.06. The van der Waals surface area contributed by atoms with Crippen LogP contribution in [0.3, 0.4) is 0 Å². The Kier molecular flexibility index (Phi) is 6.40. The highest BCUT2D eigenvalue weighted by Crippen LogP contribution is 2.36. The third-order valence-corrected chi connectivity index (χ3v) is 7.75. The summed E-state index contributed by atoms with van der Waals surface area (Å²) in [5, 5.41) is 3.96. The minimum Gasteiger partial charge on any atom is -0.428 e. The normalized spacial score (nSPS) is 11.4. The van der Waals surface area contributed by atoms with E-state index in [2.05, 4.69) is 10.3 Å². The van der Waals surface area contributed by atoms with Crippen LogP contribution < -0.4 is 5.32 Å². The maximum absolute atomic E-state index is 13.3. The fourth-order valence-electron chi connectivity index (χ4n) is 2.65. The number of benzene rings is 2. The Morgan fingerprint density at radius 2 is 1.69 bits per heavy atom. The van der Waals surface area contributed by atoms with Crippen molar-refractivity contribution in [3.8, 4) is 10.8 Å². The molecule has 0 spiro atoms. The van der Waals surface area contributed by atoms with Crippen LogP contribution in [0.2, 0.25) is 0 Å². The van der Waals surface area contributed by atoms with Gasteiger partial charge in [0.15, 0.2) is 0 Å². The molecule has 32 heavy (non-hydrogen) atoms. The van der Waals surface area contributed by atoms with Gasteiger partial charge in [0.2, 0.25) is 31.8 Å². The number of oxazole rings is 1. The van der Waals surface area contributed by atoms with E-state index in [1.807, 2.05) is 0 Å².